The molecule has 0 aromatic carbocycles. The van der Waals surface area contributed by atoms with Crippen LogP contribution in [0.3, 0.4) is 0 Å². The molecule has 0 bridgehead atoms. The standard InChI is InChI=1S/C10H13F3IN3/c1-2-3-6-8(14)9(15)17-7(16-6)4-5-10(11,12)13/h2-5H2,1H3,(H2,15,16,17). The van der Waals surface area contributed by atoms with Gasteiger partial charge in [0.05, 0.1) is 15.7 Å². The molecule has 96 valence electrons. The zero-order valence-corrected chi connectivity index (χ0v) is 11.5. The smallest absolute Gasteiger partial charge is 0.383 e. The van der Waals surface area contributed by atoms with Crippen LogP contribution in [0.4, 0.5) is 19.0 Å². The van der Waals surface area contributed by atoms with Crippen LogP contribution >= 0.6 is 22.6 Å². The molecule has 0 aliphatic heterocycles. The maximum Gasteiger partial charge on any atom is 0.389 e. The monoisotopic (exact) mass is 359 g/mol. The van der Waals surface area contributed by atoms with Crippen LogP contribution in [0.5, 0.6) is 0 Å². The minimum atomic E-state index is -4.19. The van der Waals surface area contributed by atoms with Crippen LogP contribution in [0.1, 0.15) is 31.3 Å². The topological polar surface area (TPSA) is 51.8 Å². The third-order valence-electron chi connectivity index (χ3n) is 2.11. The molecule has 1 aromatic rings. The zero-order chi connectivity index (χ0) is 13.1. The molecule has 0 radical (unpaired) electrons. The summed E-state index contributed by atoms with van der Waals surface area (Å²) in [7, 11) is 0. The van der Waals surface area contributed by atoms with Gasteiger partial charge in [0.2, 0.25) is 0 Å². The summed E-state index contributed by atoms with van der Waals surface area (Å²) in [5, 5.41) is 0. The Labute approximate surface area is 111 Å². The van der Waals surface area contributed by atoms with Crippen molar-refractivity contribution in [3.05, 3.63) is 15.1 Å². The quantitative estimate of drug-likeness (QED) is 0.841. The van der Waals surface area contributed by atoms with Gasteiger partial charge < -0.3 is 5.73 Å². The summed E-state index contributed by atoms with van der Waals surface area (Å²) in [6.07, 6.45) is -3.76. The third-order valence-corrected chi connectivity index (χ3v) is 3.29. The number of nitrogens with zero attached hydrogens (tertiary/aromatic N) is 2. The predicted octanol–water partition coefficient (Wildman–Crippen LogP) is 3.11. The Morgan fingerprint density at radius 1 is 1.24 bits per heavy atom. The van der Waals surface area contributed by atoms with E-state index in [0.717, 1.165) is 15.7 Å². The molecular weight excluding hydrogens is 346 g/mol. The average molecular weight is 359 g/mol. The minimum absolute atomic E-state index is 0.170. The van der Waals surface area contributed by atoms with Gasteiger partial charge in [0, 0.05) is 6.42 Å². The van der Waals surface area contributed by atoms with Crippen molar-refractivity contribution in [3.8, 4) is 0 Å². The molecule has 7 heteroatoms. The molecule has 0 saturated heterocycles. The molecule has 1 heterocycles. The lowest BCUT2D eigenvalue weighted by Crippen LogP contribution is -2.13. The summed E-state index contributed by atoms with van der Waals surface area (Å²) in [5.41, 5.74) is 6.39. The number of aromatic nitrogens is 2. The van der Waals surface area contributed by atoms with Crippen LogP contribution in [0, 0.1) is 3.57 Å². The van der Waals surface area contributed by atoms with Gasteiger partial charge >= 0.3 is 6.18 Å². The highest BCUT2D eigenvalue weighted by atomic mass is 127. The number of hydrogen-bond acceptors (Lipinski definition) is 3. The number of alkyl halides is 3. The predicted molar refractivity (Wildman–Crippen MR) is 67.5 cm³/mol. The molecular formula is C10H13F3IN3. The fourth-order valence-electron chi connectivity index (χ4n) is 1.33. The summed E-state index contributed by atoms with van der Waals surface area (Å²) >= 11 is 2.02. The van der Waals surface area contributed by atoms with Crippen molar-refractivity contribution in [1.82, 2.24) is 9.97 Å². The lowest BCUT2D eigenvalue weighted by atomic mass is 10.2. The van der Waals surface area contributed by atoms with E-state index < -0.39 is 12.6 Å². The molecule has 0 spiro atoms. The maximum absolute atomic E-state index is 12.1. The van der Waals surface area contributed by atoms with E-state index in [1.807, 2.05) is 29.5 Å². The molecule has 0 unspecified atom stereocenters. The van der Waals surface area contributed by atoms with E-state index in [2.05, 4.69) is 9.97 Å². The number of aryl methyl sites for hydroxylation is 2. The van der Waals surface area contributed by atoms with Gasteiger partial charge in [-0.1, -0.05) is 13.3 Å². The number of nitrogen functional groups attached to an aromatic ring is 1. The van der Waals surface area contributed by atoms with E-state index in [1.165, 1.54) is 0 Å². The van der Waals surface area contributed by atoms with Gasteiger partial charge in [-0.25, -0.2) is 9.97 Å². The number of halogens is 4. The number of hydrogen-bond donors (Lipinski definition) is 1. The number of anilines is 1. The Hall–Kier alpha value is -0.600. The lowest BCUT2D eigenvalue weighted by Gasteiger charge is -2.09. The van der Waals surface area contributed by atoms with Crippen LogP contribution < -0.4 is 5.73 Å². The molecule has 3 nitrogen and oxygen atoms in total. The van der Waals surface area contributed by atoms with Crippen LogP contribution in [-0.2, 0) is 12.8 Å². The SMILES string of the molecule is CCCc1nc(CCC(F)(F)F)nc(N)c1I. The lowest BCUT2D eigenvalue weighted by molar-refractivity contribution is -0.134. The zero-order valence-electron chi connectivity index (χ0n) is 9.31. The molecule has 17 heavy (non-hydrogen) atoms. The largest absolute Gasteiger partial charge is 0.389 e. The van der Waals surface area contributed by atoms with Gasteiger partial charge in [0.25, 0.3) is 0 Å². The second kappa shape index (κ2) is 5.83. The van der Waals surface area contributed by atoms with Crippen molar-refractivity contribution in [3.63, 3.8) is 0 Å². The maximum atomic E-state index is 12.1. The average Bonchev–Trinajstić information content (AvgIpc) is 2.21. The summed E-state index contributed by atoms with van der Waals surface area (Å²) < 4.78 is 37.0. The number of rotatable bonds is 4. The van der Waals surface area contributed by atoms with Crippen molar-refractivity contribution >= 4 is 28.4 Å². The normalized spacial score (nSPS) is 11.8. The molecule has 0 atom stereocenters. The Balaban J connectivity index is 2.86. The first kappa shape index (κ1) is 14.5. The first-order valence-electron chi connectivity index (χ1n) is 5.21. The first-order chi connectivity index (χ1) is 7.83. The van der Waals surface area contributed by atoms with Crippen LogP contribution in [0.25, 0.3) is 0 Å². The van der Waals surface area contributed by atoms with Gasteiger partial charge in [0.1, 0.15) is 11.6 Å². The fourth-order valence-corrected chi connectivity index (χ4v) is 1.84. The minimum Gasteiger partial charge on any atom is -0.383 e. The van der Waals surface area contributed by atoms with Crippen LogP contribution in [-0.4, -0.2) is 16.1 Å². The van der Waals surface area contributed by atoms with Crippen molar-refractivity contribution in [1.29, 1.82) is 0 Å². The molecule has 2 N–H and O–H groups in total. The Kier molecular flexibility index (Phi) is 4.96. The fraction of sp³-hybridized carbons (Fsp3) is 0.600. The molecule has 0 fully saturated rings. The van der Waals surface area contributed by atoms with E-state index in [4.69, 9.17) is 5.73 Å². The molecule has 1 aromatic heterocycles. The second-order valence-electron chi connectivity index (χ2n) is 3.65. The summed E-state index contributed by atoms with van der Waals surface area (Å²) in [6.45, 7) is 1.98. The Morgan fingerprint density at radius 3 is 2.41 bits per heavy atom. The van der Waals surface area contributed by atoms with Gasteiger partial charge in [-0.15, -0.1) is 0 Å². The van der Waals surface area contributed by atoms with Gasteiger partial charge in [-0.05, 0) is 29.0 Å². The summed E-state index contributed by atoms with van der Waals surface area (Å²) in [6, 6.07) is 0. The van der Waals surface area contributed by atoms with E-state index in [9.17, 15) is 13.2 Å². The van der Waals surface area contributed by atoms with Crippen LogP contribution in [0.15, 0.2) is 0 Å². The van der Waals surface area contributed by atoms with Crippen molar-refractivity contribution in [2.75, 3.05) is 5.73 Å². The van der Waals surface area contributed by atoms with Crippen molar-refractivity contribution < 1.29 is 13.2 Å². The van der Waals surface area contributed by atoms with E-state index in [0.29, 0.717) is 6.42 Å². The molecule has 0 aliphatic rings. The van der Waals surface area contributed by atoms with E-state index in [-0.39, 0.29) is 18.1 Å². The van der Waals surface area contributed by atoms with Crippen molar-refractivity contribution in [2.24, 2.45) is 0 Å². The van der Waals surface area contributed by atoms with Gasteiger partial charge in [-0.2, -0.15) is 13.2 Å². The molecule has 0 amide bonds. The second-order valence-corrected chi connectivity index (χ2v) is 4.73. The third kappa shape index (κ3) is 4.64. The van der Waals surface area contributed by atoms with E-state index in [1.54, 1.807) is 0 Å². The summed E-state index contributed by atoms with van der Waals surface area (Å²) in [4.78, 5) is 8.01. The highest BCUT2D eigenvalue weighted by Gasteiger charge is 2.27. The highest BCUT2D eigenvalue weighted by Crippen LogP contribution is 2.23. The van der Waals surface area contributed by atoms with Gasteiger partial charge in [-0.3, -0.25) is 0 Å². The highest BCUT2D eigenvalue weighted by molar-refractivity contribution is 14.1. The van der Waals surface area contributed by atoms with Crippen LogP contribution in [0.2, 0.25) is 0 Å². The van der Waals surface area contributed by atoms with Gasteiger partial charge in [0.15, 0.2) is 0 Å². The molecule has 0 aliphatic carbocycles. The van der Waals surface area contributed by atoms with Crippen molar-refractivity contribution in [2.45, 2.75) is 38.8 Å². The Bertz CT molecular complexity index is 393. The number of nitrogens with two attached hydrogens (primary N) is 1. The molecule has 0 saturated carbocycles. The summed E-state index contributed by atoms with van der Waals surface area (Å²) in [5.74, 6) is 0.435. The molecule has 1 rings (SSSR count). The Morgan fingerprint density at radius 2 is 1.88 bits per heavy atom. The van der Waals surface area contributed by atoms with E-state index >= 15 is 0 Å². The first-order valence-corrected chi connectivity index (χ1v) is 6.29.